The Balaban J connectivity index is 1.41. The summed E-state index contributed by atoms with van der Waals surface area (Å²) in [5.74, 6) is 1.15. The zero-order valence-electron chi connectivity index (χ0n) is 16.6. The molecule has 2 aliphatic rings. The van der Waals surface area contributed by atoms with Crippen molar-refractivity contribution in [1.29, 1.82) is 0 Å². The van der Waals surface area contributed by atoms with Crippen molar-refractivity contribution in [2.24, 2.45) is 11.8 Å². The van der Waals surface area contributed by atoms with E-state index in [1.165, 1.54) is 5.56 Å². The van der Waals surface area contributed by atoms with Crippen molar-refractivity contribution in [2.75, 3.05) is 32.7 Å². The second-order valence-corrected chi connectivity index (χ2v) is 8.18. The average Bonchev–Trinajstić information content (AvgIpc) is 2.72. The van der Waals surface area contributed by atoms with E-state index in [9.17, 15) is 9.59 Å². The van der Waals surface area contributed by atoms with E-state index in [1.54, 1.807) is 0 Å². The molecular formula is C21H32N4O2. The van der Waals surface area contributed by atoms with Gasteiger partial charge in [-0.15, -0.1) is 0 Å². The van der Waals surface area contributed by atoms with E-state index >= 15 is 0 Å². The van der Waals surface area contributed by atoms with Crippen LogP contribution in [0.25, 0.3) is 0 Å². The summed E-state index contributed by atoms with van der Waals surface area (Å²) in [5, 5.41) is 3.10. The maximum atomic E-state index is 12.5. The first-order valence-corrected chi connectivity index (χ1v) is 10.3. The van der Waals surface area contributed by atoms with Crippen molar-refractivity contribution in [3.05, 3.63) is 30.1 Å². The molecule has 0 unspecified atom stereocenters. The van der Waals surface area contributed by atoms with Crippen molar-refractivity contribution in [3.8, 4) is 0 Å². The maximum Gasteiger partial charge on any atom is 0.317 e. The normalized spacial score (nSPS) is 21.4. The van der Waals surface area contributed by atoms with Crippen LogP contribution in [0.15, 0.2) is 24.5 Å². The molecule has 1 atom stereocenters. The third-order valence-corrected chi connectivity index (χ3v) is 5.83. The highest BCUT2D eigenvalue weighted by Gasteiger charge is 2.27. The van der Waals surface area contributed by atoms with Gasteiger partial charge in [-0.05, 0) is 55.2 Å². The summed E-state index contributed by atoms with van der Waals surface area (Å²) in [7, 11) is 0. The minimum Gasteiger partial charge on any atom is -0.342 e. The quantitative estimate of drug-likeness (QED) is 0.884. The zero-order chi connectivity index (χ0) is 19.2. The highest BCUT2D eigenvalue weighted by atomic mass is 16.2. The number of carbonyl (C=O) groups excluding carboxylic acids is 2. The number of pyridine rings is 1. The highest BCUT2D eigenvalue weighted by Crippen LogP contribution is 2.27. The van der Waals surface area contributed by atoms with E-state index in [1.807, 2.05) is 36.0 Å². The van der Waals surface area contributed by atoms with Crippen LogP contribution in [0.3, 0.4) is 0 Å². The molecule has 0 bridgehead atoms. The molecule has 0 radical (unpaired) electrons. The van der Waals surface area contributed by atoms with E-state index in [2.05, 4.69) is 22.4 Å². The number of nitrogens with zero attached hydrogens (tertiary/aromatic N) is 3. The number of nitrogens with one attached hydrogen (secondary N) is 1. The SMILES string of the molecule is CC(C)C(=O)N1CCC[C@@H](CNC(=O)N2CCC(c3ccncc3)CC2)C1. The maximum absolute atomic E-state index is 12.5. The van der Waals surface area contributed by atoms with Gasteiger partial charge in [-0.2, -0.15) is 0 Å². The fourth-order valence-electron chi connectivity index (χ4n) is 4.19. The predicted molar refractivity (Wildman–Crippen MR) is 105 cm³/mol. The third kappa shape index (κ3) is 5.21. The lowest BCUT2D eigenvalue weighted by atomic mass is 9.90. The van der Waals surface area contributed by atoms with Crippen LogP contribution >= 0.6 is 0 Å². The third-order valence-electron chi connectivity index (χ3n) is 5.83. The number of likely N-dealkylation sites (tertiary alicyclic amines) is 2. The van der Waals surface area contributed by atoms with Crippen molar-refractivity contribution >= 4 is 11.9 Å². The lowest BCUT2D eigenvalue weighted by molar-refractivity contribution is -0.136. The van der Waals surface area contributed by atoms with Crippen LogP contribution in [0.1, 0.15) is 51.0 Å². The molecule has 0 spiro atoms. The Hall–Kier alpha value is -2.11. The van der Waals surface area contributed by atoms with Gasteiger partial charge in [0.1, 0.15) is 0 Å². The van der Waals surface area contributed by atoms with Gasteiger partial charge in [0.2, 0.25) is 5.91 Å². The molecule has 2 saturated heterocycles. The monoisotopic (exact) mass is 372 g/mol. The molecule has 1 N–H and O–H groups in total. The molecule has 0 saturated carbocycles. The highest BCUT2D eigenvalue weighted by molar-refractivity contribution is 5.78. The molecule has 6 nitrogen and oxygen atoms in total. The Morgan fingerprint density at radius 3 is 2.48 bits per heavy atom. The summed E-state index contributed by atoms with van der Waals surface area (Å²) in [6, 6.07) is 4.19. The summed E-state index contributed by atoms with van der Waals surface area (Å²) in [6.07, 6.45) is 7.77. The molecule has 148 valence electrons. The van der Waals surface area contributed by atoms with Gasteiger partial charge in [0.25, 0.3) is 0 Å². The van der Waals surface area contributed by atoms with E-state index in [4.69, 9.17) is 0 Å². The standard InChI is InChI=1S/C21H32N4O2/c1-16(2)20(26)25-11-3-4-17(15-25)14-23-21(27)24-12-7-19(8-13-24)18-5-9-22-10-6-18/h5-6,9-10,16-17,19H,3-4,7-8,11-15H2,1-2H3,(H,23,27)/t17-/m0/s1. The van der Waals surface area contributed by atoms with Crippen LogP contribution in [0.4, 0.5) is 4.79 Å². The first kappa shape index (κ1) is 19.6. The Kier molecular flexibility index (Phi) is 6.69. The number of hydrogen-bond acceptors (Lipinski definition) is 3. The van der Waals surface area contributed by atoms with Gasteiger partial charge < -0.3 is 15.1 Å². The average molecular weight is 373 g/mol. The Morgan fingerprint density at radius 1 is 1.11 bits per heavy atom. The molecule has 2 aliphatic heterocycles. The van der Waals surface area contributed by atoms with Crippen LogP contribution in [-0.4, -0.2) is 59.4 Å². The van der Waals surface area contributed by atoms with Crippen molar-refractivity contribution < 1.29 is 9.59 Å². The van der Waals surface area contributed by atoms with Gasteiger partial charge in [-0.25, -0.2) is 4.79 Å². The fourth-order valence-corrected chi connectivity index (χ4v) is 4.19. The minimum absolute atomic E-state index is 0.0375. The zero-order valence-corrected chi connectivity index (χ0v) is 16.6. The first-order valence-electron chi connectivity index (χ1n) is 10.3. The molecule has 3 heterocycles. The molecule has 0 aliphatic carbocycles. The van der Waals surface area contributed by atoms with Gasteiger partial charge in [0.05, 0.1) is 0 Å². The molecule has 3 rings (SSSR count). The number of urea groups is 1. The van der Waals surface area contributed by atoms with E-state index < -0.39 is 0 Å². The van der Waals surface area contributed by atoms with E-state index in [-0.39, 0.29) is 17.9 Å². The second-order valence-electron chi connectivity index (χ2n) is 8.18. The summed E-state index contributed by atoms with van der Waals surface area (Å²) in [4.78, 5) is 32.7. The molecule has 6 heteroatoms. The first-order chi connectivity index (χ1) is 13.0. The summed E-state index contributed by atoms with van der Waals surface area (Å²) < 4.78 is 0. The van der Waals surface area contributed by atoms with E-state index in [0.717, 1.165) is 51.9 Å². The van der Waals surface area contributed by atoms with Crippen LogP contribution in [-0.2, 0) is 4.79 Å². The number of rotatable bonds is 4. The molecule has 3 amide bonds. The Bertz CT molecular complexity index is 626. The van der Waals surface area contributed by atoms with Crippen LogP contribution in [0.5, 0.6) is 0 Å². The molecule has 0 aromatic carbocycles. The molecule has 27 heavy (non-hydrogen) atoms. The minimum atomic E-state index is 0.0375. The number of piperidine rings is 2. The number of aromatic nitrogens is 1. The van der Waals surface area contributed by atoms with Gasteiger partial charge in [-0.3, -0.25) is 9.78 Å². The van der Waals surface area contributed by atoms with E-state index in [0.29, 0.717) is 18.4 Å². The summed E-state index contributed by atoms with van der Waals surface area (Å²) >= 11 is 0. The fraction of sp³-hybridized carbons (Fsp3) is 0.667. The van der Waals surface area contributed by atoms with Gasteiger partial charge in [0.15, 0.2) is 0 Å². The predicted octanol–water partition coefficient (Wildman–Crippen LogP) is 2.87. The van der Waals surface area contributed by atoms with Crippen molar-refractivity contribution in [1.82, 2.24) is 20.1 Å². The lowest BCUT2D eigenvalue weighted by Crippen LogP contribution is -2.48. The number of hydrogen-bond donors (Lipinski definition) is 1. The van der Waals surface area contributed by atoms with Gasteiger partial charge in [0, 0.05) is 51.0 Å². The smallest absolute Gasteiger partial charge is 0.317 e. The summed E-state index contributed by atoms with van der Waals surface area (Å²) in [5.41, 5.74) is 1.32. The Morgan fingerprint density at radius 2 is 1.81 bits per heavy atom. The lowest BCUT2D eigenvalue weighted by Gasteiger charge is -2.35. The summed E-state index contributed by atoms with van der Waals surface area (Å²) in [6.45, 7) is 7.76. The van der Waals surface area contributed by atoms with Crippen molar-refractivity contribution in [3.63, 3.8) is 0 Å². The van der Waals surface area contributed by atoms with Crippen LogP contribution in [0, 0.1) is 11.8 Å². The largest absolute Gasteiger partial charge is 0.342 e. The molecule has 1 aromatic heterocycles. The molecule has 2 fully saturated rings. The topological polar surface area (TPSA) is 65.5 Å². The number of amides is 3. The van der Waals surface area contributed by atoms with Gasteiger partial charge in [-0.1, -0.05) is 13.8 Å². The molecule has 1 aromatic rings. The number of carbonyl (C=O) groups is 2. The van der Waals surface area contributed by atoms with Crippen molar-refractivity contribution in [2.45, 2.75) is 45.4 Å². The molecular weight excluding hydrogens is 340 g/mol. The second kappa shape index (κ2) is 9.20. The van der Waals surface area contributed by atoms with Gasteiger partial charge >= 0.3 is 6.03 Å². The Labute approximate surface area is 162 Å². The van der Waals surface area contributed by atoms with Crippen LogP contribution in [0.2, 0.25) is 0 Å². The van der Waals surface area contributed by atoms with Crippen LogP contribution < -0.4 is 5.32 Å².